The van der Waals surface area contributed by atoms with Gasteiger partial charge in [-0.1, -0.05) is 6.07 Å². The Morgan fingerprint density at radius 3 is 1.17 bits per heavy atom. The van der Waals surface area contributed by atoms with E-state index in [-0.39, 0.29) is 149 Å². The van der Waals surface area contributed by atoms with Crippen LogP contribution in [0.4, 0.5) is 5.69 Å². The van der Waals surface area contributed by atoms with Crippen molar-refractivity contribution in [3.8, 4) is 28.2 Å². The number of aromatic hydroxyl groups is 1. The van der Waals surface area contributed by atoms with E-state index in [1.807, 2.05) is 0 Å². The van der Waals surface area contributed by atoms with E-state index in [4.69, 9.17) is 33.8 Å². The number of thiocarbonyl (C=S) groups is 1. The Morgan fingerprint density at radius 1 is 0.390 bits per heavy atom. The first-order valence-corrected chi connectivity index (χ1v) is 49.6. The van der Waals surface area contributed by atoms with Gasteiger partial charge in [-0.25, -0.2) is 4.79 Å². The second-order valence-electron chi connectivity index (χ2n) is 36.6. The number of hydrogen-bond acceptors (Lipinski definition) is 38. The molecule has 53 nitrogen and oxygen atoms in total. The van der Waals surface area contributed by atoms with E-state index in [1.54, 1.807) is 6.07 Å². The number of anilines is 1. The lowest BCUT2D eigenvalue weighted by molar-refractivity contribution is -0.173. The van der Waals surface area contributed by atoms with Crippen molar-refractivity contribution in [2.75, 3.05) is 74.1 Å². The molecule has 15 amide bonds. The number of carboxylic acids is 1. The molecule has 1 aliphatic heterocycles. The number of fused-ring (bicyclic) bond motifs is 2. The fourth-order valence-electron chi connectivity index (χ4n) is 16.9. The molecule has 0 bridgehead atoms. The Bertz CT molecular complexity index is 5290. The molecule has 0 aromatic heterocycles. The second-order valence-corrected chi connectivity index (χ2v) is 39.1. The molecule has 38 N–H and O–H groups in total. The Balaban J connectivity index is 0.965. The van der Waals surface area contributed by atoms with Crippen molar-refractivity contribution in [3.05, 3.63) is 70.4 Å². The molecule has 808 valence electrons. The summed E-state index contributed by atoms with van der Waals surface area (Å²) in [6.45, 7) is -2.48. The Hall–Kier alpha value is -11.8. The monoisotopic (exact) mass is 2120 g/mol. The smallest absolute Gasteiger partial charge is 0.336 e. The molecule has 6 aliphatic rings. The number of phenols is 1. The molecule has 2 aromatic rings. The van der Waals surface area contributed by atoms with Gasteiger partial charge in [-0.15, -0.1) is 23.5 Å². The third-order valence-corrected chi connectivity index (χ3v) is 27.2. The van der Waals surface area contributed by atoms with Crippen LogP contribution in [0.25, 0.3) is 33.4 Å². The third kappa shape index (κ3) is 34.9. The van der Waals surface area contributed by atoms with Gasteiger partial charge in [0, 0.05) is 136 Å². The van der Waals surface area contributed by atoms with Crippen LogP contribution >= 0.6 is 35.7 Å². The zero-order chi connectivity index (χ0) is 108. The SMILES string of the molecule is NC(=O)CCNC(=O)[C@H](CCCCNC(=S)Nc1ccc(-c2c3ccc(=O)cc-3oc3cc(O)ccc23)c(C(=O)O)c1)NC(=O)[C@H](CCCCNC(=O)CSC[C@H](NC(=O)[C@H](CCCCNC(=O)C1(O)C[C@H](O)C(O)[C@@H](O)C1)NC(=O)C1(O)C[C@H](O)C(O)[C@@H](O)C1)C(=O)NCC(N)=O)NC(=O)CSC[C@H](NC(=O)[C@H](CCCCNC(=O)C1(O)C[C@H](O)C(O)[C@@H](O)C1)NC(=O)C1(O)C[C@H](O)C(O)[C@@H](O)C1)C(=O)NCC(N)=O. The van der Waals surface area contributed by atoms with Gasteiger partial charge in [0.1, 0.15) is 100 Å². The van der Waals surface area contributed by atoms with Crippen LogP contribution in [-0.4, -0.2) is 392 Å². The molecule has 8 rings (SSSR count). The van der Waals surface area contributed by atoms with E-state index >= 15 is 0 Å². The maximum Gasteiger partial charge on any atom is 0.336 e. The molecule has 4 saturated carbocycles. The van der Waals surface area contributed by atoms with Crippen molar-refractivity contribution in [1.29, 1.82) is 0 Å². The number of phenolic OH excluding ortho intramolecular Hbond substituents is 1. The van der Waals surface area contributed by atoms with E-state index in [0.29, 0.717) is 28.3 Å². The number of hydrogen-bond donors (Lipinski definition) is 35. The third-order valence-electron chi connectivity index (χ3n) is 24.9. The van der Waals surface area contributed by atoms with Crippen molar-refractivity contribution < 1.29 is 173 Å². The fraction of sp³-hybridized carbons (Fsp3) is 0.600. The van der Waals surface area contributed by atoms with Crippen LogP contribution in [0.1, 0.15) is 145 Å². The minimum atomic E-state index is -2.64. The number of thioether (sulfide) groups is 2. The molecule has 4 fully saturated rings. The molecule has 146 heavy (non-hydrogen) atoms. The number of aliphatic hydroxyl groups is 16. The summed E-state index contributed by atoms with van der Waals surface area (Å²) in [4.78, 5) is 229. The van der Waals surface area contributed by atoms with Gasteiger partial charge in [0.05, 0.1) is 79.0 Å². The Labute approximate surface area is 846 Å². The summed E-state index contributed by atoms with van der Waals surface area (Å²) in [6, 6.07) is 2.66. The van der Waals surface area contributed by atoms with Gasteiger partial charge < -0.3 is 188 Å². The second kappa shape index (κ2) is 55.3. The number of aliphatic hydroxyl groups excluding tert-OH is 12. The molecule has 2 aromatic carbocycles. The molecule has 0 saturated heterocycles. The van der Waals surface area contributed by atoms with Gasteiger partial charge in [-0.3, -0.25) is 76.7 Å². The minimum absolute atomic E-state index is 0.00133. The van der Waals surface area contributed by atoms with Crippen LogP contribution in [0.2, 0.25) is 0 Å². The molecular formula is C90H129N17O36S3. The number of carboxylic acid groups (broad SMARTS) is 1. The van der Waals surface area contributed by atoms with Gasteiger partial charge in [0.2, 0.25) is 65.0 Å². The van der Waals surface area contributed by atoms with Crippen LogP contribution in [-0.2, 0) is 71.9 Å². The minimum Gasteiger partial charge on any atom is -0.508 e. The topological polar surface area (TPSA) is 914 Å². The lowest BCUT2D eigenvalue weighted by Crippen LogP contribution is -2.62. The predicted octanol–water partition coefficient (Wildman–Crippen LogP) is -11.7. The number of unbranched alkanes of at least 4 members (excludes halogenated alkanes) is 4. The van der Waals surface area contributed by atoms with Crippen molar-refractivity contribution >= 4 is 152 Å². The van der Waals surface area contributed by atoms with Crippen LogP contribution < -0.4 is 97.1 Å². The summed E-state index contributed by atoms with van der Waals surface area (Å²) in [5, 5.41) is 224. The number of carbonyl (C=O) groups is 16. The van der Waals surface area contributed by atoms with E-state index in [1.165, 1.54) is 48.5 Å². The molecule has 0 radical (unpaired) electrons. The summed E-state index contributed by atoms with van der Waals surface area (Å²) in [7, 11) is 0. The molecule has 14 atom stereocenters. The Kier molecular flexibility index (Phi) is 45.2. The maximum atomic E-state index is 14.8. The van der Waals surface area contributed by atoms with Crippen molar-refractivity contribution in [2.45, 2.75) is 267 Å². The van der Waals surface area contributed by atoms with E-state index in [2.05, 4.69) is 74.4 Å². The number of aromatic carboxylic acids is 1. The zero-order valence-corrected chi connectivity index (χ0v) is 81.5. The quantitative estimate of drug-likeness (QED) is 0.0111. The molecule has 56 heteroatoms. The number of benzene rings is 3. The molecule has 5 aliphatic carbocycles. The number of carbonyl (C=O) groups excluding carboxylic acids is 15. The summed E-state index contributed by atoms with van der Waals surface area (Å²) in [5.74, 6) is -19.2. The highest BCUT2D eigenvalue weighted by molar-refractivity contribution is 8.00. The summed E-state index contributed by atoms with van der Waals surface area (Å²) >= 11 is 6.97. The van der Waals surface area contributed by atoms with E-state index < -0.39 is 326 Å². The van der Waals surface area contributed by atoms with Gasteiger partial charge in [-0.2, -0.15) is 0 Å². The summed E-state index contributed by atoms with van der Waals surface area (Å²) < 4.78 is 5.94. The predicted molar refractivity (Wildman–Crippen MR) is 518 cm³/mol. The van der Waals surface area contributed by atoms with Crippen molar-refractivity contribution in [1.82, 2.24) is 69.1 Å². The van der Waals surface area contributed by atoms with Gasteiger partial charge in [0.25, 0.3) is 23.6 Å². The standard InChI is InChI=1S/C90H129N17O36S3/c91-65(118)19-24-95-75(127)49(9-4-8-23-98-86(144)101-42-13-16-45(48(25-42)81(133)134)70-46-17-14-43(108)26-63(46)143-64-27-44(109)15-18-47(64)70)103-78(130)50(102-69(122)41-146-39-54(77(129)100-37-67(93)120)105-80(132)52(107-85(138)90(142)34-61(116)74(126)62(117)35-90)12-3-7-22-97-83(136)88(140)30-57(112)72(124)58(113)31-88)10-1-5-20-94-68(121)40-145-38-53(76(128)99-36-66(92)119)104-79(131)51(106-84(137)89(141)32-59(114)73(125)60(115)33-89)11-2-6-21-96-82(135)87(139)28-55(110)71(123)56(111)29-87/h13-18,25-27,49-62,71-74,108,110-117,123-126,139-142H,1-12,19-24,28-41H2,(H2,91,118)(H2,92,119)(H2,93,120)(H,94,121)(H,95,127)(H,96,135)(H,97,136)(H,99,128)(H,100,129)(H,102,122)(H,103,130)(H,104,131)(H,105,132)(H,106,137)(H,107,138)(H,133,134)(H2,98,101,144)/t49-,50-,51-,52-,53-,54-,55-,56-,57-,58-,59-,60-,61-,62-,71?,72?,73?,74?,87?,88?,89?,90?/m0/s1. The summed E-state index contributed by atoms with van der Waals surface area (Å²) in [6.07, 6.45) is -28.5. The van der Waals surface area contributed by atoms with Crippen LogP contribution in [0.3, 0.4) is 0 Å². The maximum absolute atomic E-state index is 14.8. The number of rotatable bonds is 54. The van der Waals surface area contributed by atoms with Gasteiger partial charge in [0.15, 0.2) is 10.5 Å². The molecule has 0 unspecified atom stereocenters. The van der Waals surface area contributed by atoms with E-state index in [9.17, 15) is 173 Å². The Morgan fingerprint density at radius 2 is 0.760 bits per heavy atom. The van der Waals surface area contributed by atoms with Crippen LogP contribution in [0, 0.1) is 0 Å². The first kappa shape index (κ1) is 119. The summed E-state index contributed by atoms with van der Waals surface area (Å²) in [5.41, 5.74) is 6.87. The molecule has 0 spiro atoms. The largest absolute Gasteiger partial charge is 0.508 e. The lowest BCUT2D eigenvalue weighted by atomic mass is 9.79. The normalized spacial score (nSPS) is 25.1. The number of nitrogens with two attached hydrogens (primary N) is 3. The first-order valence-electron chi connectivity index (χ1n) is 46.9. The van der Waals surface area contributed by atoms with Crippen molar-refractivity contribution in [2.24, 2.45) is 17.2 Å². The first-order chi connectivity index (χ1) is 68.7. The highest BCUT2D eigenvalue weighted by atomic mass is 32.2. The average molecular weight is 2120 g/mol. The lowest BCUT2D eigenvalue weighted by Gasteiger charge is -2.39. The highest BCUT2D eigenvalue weighted by Gasteiger charge is 2.53. The zero-order valence-electron chi connectivity index (χ0n) is 79.1. The number of amides is 15. The van der Waals surface area contributed by atoms with Crippen molar-refractivity contribution in [3.63, 3.8) is 0 Å². The van der Waals surface area contributed by atoms with Gasteiger partial charge in [-0.05, 0) is 131 Å². The van der Waals surface area contributed by atoms with Gasteiger partial charge >= 0.3 is 5.97 Å². The van der Waals surface area contributed by atoms with E-state index in [0.717, 1.165) is 11.8 Å². The average Bonchev–Trinajstić information content (AvgIpc) is 0.738. The number of nitrogens with one attached hydrogen (secondary N) is 14. The molecule has 1 heterocycles. The molecular weight excluding hydrogens is 1990 g/mol. The fourth-order valence-corrected chi connectivity index (χ4v) is 18.9. The van der Waals surface area contributed by atoms with Crippen LogP contribution in [0.15, 0.2) is 63.8 Å². The number of primary amides is 3. The van der Waals surface area contributed by atoms with Crippen LogP contribution in [0.5, 0.6) is 5.75 Å². The highest BCUT2D eigenvalue weighted by Crippen LogP contribution is 2.43.